The van der Waals surface area contributed by atoms with Crippen LogP contribution in [0.25, 0.3) is 0 Å². The Labute approximate surface area is 117 Å². The number of aryl methyl sites for hydroxylation is 1. The molecule has 0 bridgehead atoms. The van der Waals surface area contributed by atoms with Crippen LogP contribution in [0.4, 0.5) is 0 Å². The average molecular weight is 260 g/mol. The lowest BCUT2D eigenvalue weighted by Crippen LogP contribution is -2.19. The van der Waals surface area contributed by atoms with Crippen molar-refractivity contribution in [1.29, 1.82) is 0 Å². The van der Waals surface area contributed by atoms with Crippen molar-refractivity contribution in [2.45, 2.75) is 52.0 Å². The first kappa shape index (κ1) is 14.5. The Morgan fingerprint density at radius 3 is 2.63 bits per heavy atom. The molecule has 1 saturated heterocycles. The fourth-order valence-electron chi connectivity index (χ4n) is 2.96. The van der Waals surface area contributed by atoms with Gasteiger partial charge in [-0.15, -0.1) is 0 Å². The van der Waals surface area contributed by atoms with Gasteiger partial charge in [0.05, 0.1) is 0 Å². The van der Waals surface area contributed by atoms with Crippen molar-refractivity contribution >= 4 is 0 Å². The summed E-state index contributed by atoms with van der Waals surface area (Å²) in [4.78, 5) is 0. The van der Waals surface area contributed by atoms with Crippen LogP contribution in [0.3, 0.4) is 0 Å². The molecule has 1 aromatic carbocycles. The molecule has 2 rings (SSSR count). The van der Waals surface area contributed by atoms with Gasteiger partial charge >= 0.3 is 0 Å². The van der Waals surface area contributed by atoms with Crippen LogP contribution in [0.15, 0.2) is 18.2 Å². The molecule has 2 atom stereocenters. The summed E-state index contributed by atoms with van der Waals surface area (Å²) in [6.45, 7) is 11.2. The molecule has 1 heterocycles. The molecule has 0 saturated carbocycles. The highest BCUT2D eigenvalue weighted by Crippen LogP contribution is 2.29. The van der Waals surface area contributed by atoms with E-state index in [9.17, 15) is 0 Å². The highest BCUT2D eigenvalue weighted by atomic mass is 14.9. The third-order valence-electron chi connectivity index (χ3n) is 4.28. The minimum Gasteiger partial charge on any atom is -0.324 e. The van der Waals surface area contributed by atoms with Gasteiger partial charge in [-0.05, 0) is 60.9 Å². The van der Waals surface area contributed by atoms with Gasteiger partial charge in [-0.1, -0.05) is 39.0 Å². The molecule has 1 fully saturated rings. The van der Waals surface area contributed by atoms with E-state index in [0.717, 1.165) is 25.4 Å². The topological polar surface area (TPSA) is 38.0 Å². The zero-order valence-corrected chi connectivity index (χ0v) is 12.8. The van der Waals surface area contributed by atoms with E-state index in [2.05, 4.69) is 51.2 Å². The number of hydrogen-bond donors (Lipinski definition) is 2. The summed E-state index contributed by atoms with van der Waals surface area (Å²) in [6.07, 6.45) is 2.37. The lowest BCUT2D eigenvalue weighted by atomic mass is 9.84. The molecule has 0 aliphatic carbocycles. The molecular formula is C17H28N2. The zero-order valence-electron chi connectivity index (χ0n) is 12.8. The highest BCUT2D eigenvalue weighted by Gasteiger charge is 2.21. The van der Waals surface area contributed by atoms with Crippen LogP contribution in [0.1, 0.15) is 56.3 Å². The molecule has 0 spiro atoms. The van der Waals surface area contributed by atoms with Gasteiger partial charge in [0.2, 0.25) is 0 Å². The Bertz CT molecular complexity index is 425. The summed E-state index contributed by atoms with van der Waals surface area (Å²) >= 11 is 0. The van der Waals surface area contributed by atoms with Crippen molar-refractivity contribution < 1.29 is 0 Å². The summed E-state index contributed by atoms with van der Waals surface area (Å²) < 4.78 is 0. The second kappa shape index (κ2) is 5.64. The maximum Gasteiger partial charge on any atom is 0.0300 e. The van der Waals surface area contributed by atoms with Crippen molar-refractivity contribution in [1.82, 2.24) is 5.32 Å². The predicted octanol–water partition coefficient (Wildman–Crippen LogP) is 3.29. The largest absolute Gasteiger partial charge is 0.324 e. The Balaban J connectivity index is 2.11. The number of hydrogen-bond acceptors (Lipinski definition) is 2. The van der Waals surface area contributed by atoms with Gasteiger partial charge in [0.1, 0.15) is 0 Å². The molecule has 3 N–H and O–H groups in total. The summed E-state index contributed by atoms with van der Waals surface area (Å²) in [7, 11) is 0. The summed E-state index contributed by atoms with van der Waals surface area (Å²) in [5, 5.41) is 3.42. The van der Waals surface area contributed by atoms with E-state index >= 15 is 0 Å². The fraction of sp³-hybridized carbons (Fsp3) is 0.647. The third-order valence-corrected chi connectivity index (χ3v) is 4.28. The van der Waals surface area contributed by atoms with Crippen molar-refractivity contribution in [2.75, 3.05) is 13.1 Å². The molecule has 1 aliphatic heterocycles. The second-order valence-electron chi connectivity index (χ2n) is 7.02. The van der Waals surface area contributed by atoms with Crippen molar-refractivity contribution in [2.24, 2.45) is 11.7 Å². The molecule has 0 radical (unpaired) electrons. The summed E-state index contributed by atoms with van der Waals surface area (Å²) in [6, 6.07) is 6.97. The van der Waals surface area contributed by atoms with Crippen LogP contribution in [-0.4, -0.2) is 13.1 Å². The maximum atomic E-state index is 6.41. The van der Waals surface area contributed by atoms with E-state index in [-0.39, 0.29) is 11.5 Å². The fourth-order valence-corrected chi connectivity index (χ4v) is 2.96. The van der Waals surface area contributed by atoms with E-state index in [1.54, 1.807) is 0 Å². The van der Waals surface area contributed by atoms with Crippen LogP contribution in [0, 0.1) is 12.8 Å². The first-order valence-corrected chi connectivity index (χ1v) is 7.45. The Morgan fingerprint density at radius 2 is 2.11 bits per heavy atom. The van der Waals surface area contributed by atoms with E-state index in [4.69, 9.17) is 5.73 Å². The van der Waals surface area contributed by atoms with Gasteiger partial charge in [-0.25, -0.2) is 0 Å². The van der Waals surface area contributed by atoms with E-state index in [1.807, 2.05) is 0 Å². The van der Waals surface area contributed by atoms with Crippen molar-refractivity contribution in [3.8, 4) is 0 Å². The number of nitrogens with two attached hydrogens (primary N) is 1. The summed E-state index contributed by atoms with van der Waals surface area (Å²) in [5.74, 6) is 0.747. The molecule has 2 unspecified atom stereocenters. The lowest BCUT2D eigenvalue weighted by molar-refractivity contribution is 0.471. The molecular weight excluding hydrogens is 232 g/mol. The lowest BCUT2D eigenvalue weighted by Gasteiger charge is -2.23. The van der Waals surface area contributed by atoms with Gasteiger partial charge in [0.15, 0.2) is 0 Å². The molecule has 0 amide bonds. The highest BCUT2D eigenvalue weighted by molar-refractivity contribution is 5.36. The van der Waals surface area contributed by atoms with Crippen molar-refractivity contribution in [3.05, 3.63) is 34.9 Å². The van der Waals surface area contributed by atoms with Gasteiger partial charge < -0.3 is 11.1 Å². The number of nitrogens with one attached hydrogen (secondary N) is 1. The minimum atomic E-state index is 0.180. The Hall–Kier alpha value is -0.860. The molecule has 0 aromatic heterocycles. The zero-order chi connectivity index (χ0) is 14.0. The molecule has 2 nitrogen and oxygen atoms in total. The van der Waals surface area contributed by atoms with E-state index in [1.165, 1.54) is 23.1 Å². The van der Waals surface area contributed by atoms with Gasteiger partial charge in [0, 0.05) is 6.04 Å². The number of rotatable bonds is 3. The van der Waals surface area contributed by atoms with Crippen LogP contribution in [-0.2, 0) is 5.41 Å². The standard InChI is InChI=1S/C17H28N2/c1-12-9-14(17(2,3)4)5-6-15(12)16(18)10-13-7-8-19-11-13/h5-6,9,13,16,19H,7-8,10-11,18H2,1-4H3. The molecule has 106 valence electrons. The number of benzene rings is 1. The van der Waals surface area contributed by atoms with Crippen LogP contribution >= 0.6 is 0 Å². The molecule has 1 aliphatic rings. The Kier molecular flexibility index (Phi) is 4.32. The van der Waals surface area contributed by atoms with Crippen LogP contribution < -0.4 is 11.1 Å². The molecule has 19 heavy (non-hydrogen) atoms. The first-order valence-electron chi connectivity index (χ1n) is 7.45. The van der Waals surface area contributed by atoms with Gasteiger partial charge in [0.25, 0.3) is 0 Å². The van der Waals surface area contributed by atoms with E-state index in [0.29, 0.717) is 0 Å². The van der Waals surface area contributed by atoms with Crippen LogP contribution in [0.2, 0.25) is 0 Å². The summed E-state index contributed by atoms with van der Waals surface area (Å²) in [5.41, 5.74) is 10.7. The Morgan fingerprint density at radius 1 is 1.37 bits per heavy atom. The predicted molar refractivity (Wildman–Crippen MR) is 82.4 cm³/mol. The normalized spacial score (nSPS) is 21.6. The SMILES string of the molecule is Cc1cc(C(C)(C)C)ccc1C(N)CC1CCNC1. The van der Waals surface area contributed by atoms with Gasteiger partial charge in [-0.2, -0.15) is 0 Å². The van der Waals surface area contributed by atoms with Gasteiger partial charge in [-0.3, -0.25) is 0 Å². The average Bonchev–Trinajstić information content (AvgIpc) is 2.80. The smallest absolute Gasteiger partial charge is 0.0300 e. The third kappa shape index (κ3) is 3.58. The minimum absolute atomic E-state index is 0.180. The monoisotopic (exact) mass is 260 g/mol. The van der Waals surface area contributed by atoms with E-state index < -0.39 is 0 Å². The van der Waals surface area contributed by atoms with Crippen molar-refractivity contribution in [3.63, 3.8) is 0 Å². The van der Waals surface area contributed by atoms with Crippen LogP contribution in [0.5, 0.6) is 0 Å². The quantitative estimate of drug-likeness (QED) is 0.875. The molecule has 2 heteroatoms. The maximum absolute atomic E-state index is 6.41. The molecule has 1 aromatic rings. The first-order chi connectivity index (χ1) is 8.88. The second-order valence-corrected chi connectivity index (χ2v) is 7.02.